The molecule has 0 amide bonds. The van der Waals surface area contributed by atoms with Crippen molar-refractivity contribution in [2.75, 3.05) is 81.0 Å². The molecule has 0 fully saturated rings. The zero-order chi connectivity index (χ0) is 19.0. The molecule has 0 aliphatic carbocycles. The third-order valence-corrected chi connectivity index (χ3v) is 12.3. The van der Waals surface area contributed by atoms with Crippen LogP contribution in [0.4, 0.5) is 0 Å². The summed E-state index contributed by atoms with van der Waals surface area (Å²) in [5.74, 6) is 0. The molecule has 0 aromatic heterocycles. The van der Waals surface area contributed by atoms with E-state index in [0.717, 1.165) is 0 Å². The lowest BCUT2D eigenvalue weighted by Gasteiger charge is -2.33. The summed E-state index contributed by atoms with van der Waals surface area (Å²) in [4.78, 5) is 0. The molecule has 0 unspecified atom stereocenters. The van der Waals surface area contributed by atoms with Gasteiger partial charge in [-0.1, -0.05) is 38.3 Å². The van der Waals surface area contributed by atoms with Crippen LogP contribution >= 0.6 is 24.4 Å². The molecule has 1 aromatic rings. The summed E-state index contributed by atoms with van der Waals surface area (Å²) in [5.41, 5.74) is 0. The van der Waals surface area contributed by atoms with E-state index in [-0.39, 0.29) is 24.4 Å². The van der Waals surface area contributed by atoms with Gasteiger partial charge in [0.25, 0.3) is 0 Å². The summed E-state index contributed by atoms with van der Waals surface area (Å²) in [7, 11) is 17.3. The maximum Gasteiger partial charge on any atom is 0.0387 e. The Bertz CT molecular complexity index is 429. The second-order valence-electron chi connectivity index (χ2n) is 6.90. The number of benzene rings is 1. The predicted octanol–water partition coefficient (Wildman–Crippen LogP) is 3.66. The fraction of sp³-hybridized carbons (Fsp3) is 0.667. The zero-order valence-corrected chi connectivity index (χ0v) is 20.0. The van der Waals surface area contributed by atoms with Crippen molar-refractivity contribution in [1.82, 2.24) is 18.7 Å². The molecule has 4 nitrogen and oxygen atoms in total. The Morgan fingerprint density at radius 1 is 0.560 bits per heavy atom. The Morgan fingerprint density at radius 3 is 1.24 bits per heavy atom. The third-order valence-electron chi connectivity index (χ3n) is 4.11. The highest BCUT2D eigenvalue weighted by Crippen LogP contribution is 2.48. The lowest BCUT2D eigenvalue weighted by Crippen LogP contribution is -2.23. The van der Waals surface area contributed by atoms with Crippen molar-refractivity contribution in [2.24, 2.45) is 0 Å². The standard InChI is InChI=1S/C18H37N4P3/c1-19(2)24(20(3)4)16-14-23(18-12-10-9-11-13-18)15-17-25(21(5)6)22(7)8/h9-13H,14-17H2,1-8H3. The van der Waals surface area contributed by atoms with Crippen molar-refractivity contribution in [3.05, 3.63) is 30.3 Å². The van der Waals surface area contributed by atoms with Gasteiger partial charge in [0.05, 0.1) is 0 Å². The molecule has 1 aromatic carbocycles. The van der Waals surface area contributed by atoms with Gasteiger partial charge in [-0.3, -0.25) is 18.7 Å². The van der Waals surface area contributed by atoms with Gasteiger partial charge in [0.1, 0.15) is 0 Å². The van der Waals surface area contributed by atoms with Crippen LogP contribution in [0, 0.1) is 0 Å². The van der Waals surface area contributed by atoms with Crippen LogP contribution < -0.4 is 5.30 Å². The van der Waals surface area contributed by atoms with Gasteiger partial charge in [0.2, 0.25) is 0 Å². The van der Waals surface area contributed by atoms with Gasteiger partial charge in [0.15, 0.2) is 0 Å². The predicted molar refractivity (Wildman–Crippen MR) is 121 cm³/mol. The van der Waals surface area contributed by atoms with Gasteiger partial charge in [-0.2, -0.15) is 0 Å². The average molecular weight is 402 g/mol. The van der Waals surface area contributed by atoms with Crippen LogP contribution in [0.1, 0.15) is 0 Å². The molecule has 0 saturated carbocycles. The largest absolute Gasteiger partial charge is 0.276 e. The Labute approximate surface area is 160 Å². The molecule has 0 aliphatic rings. The highest BCUT2D eigenvalue weighted by atomic mass is 31.1. The summed E-state index contributed by atoms with van der Waals surface area (Å²) >= 11 is 0. The maximum absolute atomic E-state index is 2.40. The van der Waals surface area contributed by atoms with Crippen molar-refractivity contribution in [3.8, 4) is 0 Å². The molecular formula is C18H37N4P3. The van der Waals surface area contributed by atoms with Crippen LogP contribution in [0.5, 0.6) is 0 Å². The minimum atomic E-state index is -0.185. The van der Waals surface area contributed by atoms with Crippen molar-refractivity contribution in [2.45, 2.75) is 0 Å². The lowest BCUT2D eigenvalue weighted by atomic mass is 10.4. The number of hydrogen-bond acceptors (Lipinski definition) is 4. The summed E-state index contributed by atoms with van der Waals surface area (Å²) < 4.78 is 9.61. The fourth-order valence-electron chi connectivity index (χ4n) is 2.94. The van der Waals surface area contributed by atoms with E-state index in [1.54, 1.807) is 5.30 Å². The lowest BCUT2D eigenvalue weighted by molar-refractivity contribution is 0.574. The van der Waals surface area contributed by atoms with E-state index in [1.165, 1.54) is 24.6 Å². The van der Waals surface area contributed by atoms with E-state index in [9.17, 15) is 0 Å². The molecule has 0 N–H and O–H groups in total. The van der Waals surface area contributed by atoms with Gasteiger partial charge in [-0.25, -0.2) is 0 Å². The molecule has 0 spiro atoms. The van der Waals surface area contributed by atoms with Crippen LogP contribution in [-0.2, 0) is 0 Å². The van der Waals surface area contributed by atoms with E-state index in [2.05, 4.69) is 105 Å². The molecule has 7 heteroatoms. The van der Waals surface area contributed by atoms with E-state index < -0.39 is 0 Å². The smallest absolute Gasteiger partial charge is 0.0387 e. The van der Waals surface area contributed by atoms with E-state index in [4.69, 9.17) is 0 Å². The molecule has 0 bridgehead atoms. The summed E-state index contributed by atoms with van der Waals surface area (Å²) in [6, 6.07) is 11.2. The van der Waals surface area contributed by atoms with E-state index in [1.807, 2.05) is 0 Å². The molecule has 0 atom stereocenters. The van der Waals surface area contributed by atoms with Gasteiger partial charge in [-0.05, 0) is 86.3 Å². The number of rotatable bonds is 11. The van der Waals surface area contributed by atoms with Gasteiger partial charge in [-0.15, -0.1) is 0 Å². The summed E-state index contributed by atoms with van der Waals surface area (Å²) in [5, 5.41) is 1.57. The van der Waals surface area contributed by atoms with Crippen molar-refractivity contribution < 1.29 is 0 Å². The average Bonchev–Trinajstić information content (AvgIpc) is 2.52. The van der Waals surface area contributed by atoms with Crippen LogP contribution in [0.15, 0.2) is 30.3 Å². The van der Waals surface area contributed by atoms with Gasteiger partial charge in [0, 0.05) is 16.4 Å². The molecule has 144 valence electrons. The molecule has 0 saturated heterocycles. The van der Waals surface area contributed by atoms with Gasteiger partial charge >= 0.3 is 0 Å². The van der Waals surface area contributed by atoms with Crippen molar-refractivity contribution in [3.63, 3.8) is 0 Å². The Morgan fingerprint density at radius 2 is 0.920 bits per heavy atom. The van der Waals surface area contributed by atoms with Crippen molar-refractivity contribution in [1.29, 1.82) is 0 Å². The molecular weight excluding hydrogens is 365 g/mol. The monoisotopic (exact) mass is 402 g/mol. The van der Waals surface area contributed by atoms with Crippen LogP contribution in [-0.4, -0.2) is 99.7 Å². The Balaban J connectivity index is 2.80. The first kappa shape index (κ1) is 23.4. The minimum absolute atomic E-state index is 0.0941. The normalized spacial score (nSPS) is 12.8. The molecule has 0 radical (unpaired) electrons. The highest BCUT2D eigenvalue weighted by Gasteiger charge is 2.21. The zero-order valence-electron chi connectivity index (χ0n) is 17.3. The first-order valence-electron chi connectivity index (χ1n) is 8.78. The van der Waals surface area contributed by atoms with Crippen LogP contribution in [0.2, 0.25) is 0 Å². The van der Waals surface area contributed by atoms with E-state index >= 15 is 0 Å². The second kappa shape index (κ2) is 11.9. The Hall–Kier alpha value is 0.350. The first-order valence-corrected chi connectivity index (χ1v) is 13.4. The maximum atomic E-state index is 2.40. The summed E-state index contributed by atoms with van der Waals surface area (Å²) in [6.45, 7) is 0. The van der Waals surface area contributed by atoms with Crippen LogP contribution in [0.25, 0.3) is 0 Å². The van der Waals surface area contributed by atoms with Gasteiger partial charge < -0.3 is 0 Å². The first-order chi connectivity index (χ1) is 11.7. The Kier molecular flexibility index (Phi) is 11.2. The van der Waals surface area contributed by atoms with Crippen LogP contribution in [0.3, 0.4) is 0 Å². The molecule has 0 heterocycles. The van der Waals surface area contributed by atoms with Crippen molar-refractivity contribution >= 4 is 29.7 Å². The molecule has 0 aliphatic heterocycles. The topological polar surface area (TPSA) is 13.0 Å². The SMILES string of the molecule is CN(C)P(CCP(CCP(N(C)C)N(C)C)c1ccccc1)N(C)C. The molecule has 25 heavy (non-hydrogen) atoms. The third kappa shape index (κ3) is 8.27. The molecule has 1 rings (SSSR count). The summed E-state index contributed by atoms with van der Waals surface area (Å²) in [6.07, 6.45) is 5.23. The fourth-order valence-corrected chi connectivity index (χ4v) is 10.7. The number of nitrogens with zero attached hydrogens (tertiary/aromatic N) is 4. The second-order valence-corrected chi connectivity index (χ2v) is 15.0. The number of hydrogen-bond donors (Lipinski definition) is 0. The highest BCUT2D eigenvalue weighted by molar-refractivity contribution is 7.67. The minimum Gasteiger partial charge on any atom is -0.276 e. The van der Waals surface area contributed by atoms with E-state index in [0.29, 0.717) is 0 Å². The quantitative estimate of drug-likeness (QED) is 0.524.